The molecule has 0 atom stereocenters. The van der Waals surface area contributed by atoms with Gasteiger partial charge in [0.05, 0.1) is 11.0 Å². The maximum Gasteiger partial charge on any atom is 0.138 e. The summed E-state index contributed by atoms with van der Waals surface area (Å²) in [6.45, 7) is 6.45. The van der Waals surface area contributed by atoms with Crippen molar-refractivity contribution in [2.45, 2.75) is 45.4 Å². The largest absolute Gasteiger partial charge is 0.338 e. The van der Waals surface area contributed by atoms with Crippen molar-refractivity contribution in [1.29, 1.82) is 0 Å². The number of fused-ring (bicyclic) bond motifs is 1. The number of nitrogens with zero attached hydrogens (tertiary/aromatic N) is 4. The van der Waals surface area contributed by atoms with Crippen LogP contribution in [-0.2, 0) is 6.42 Å². The summed E-state index contributed by atoms with van der Waals surface area (Å²) < 4.78 is 0. The first kappa shape index (κ1) is 24.0. The van der Waals surface area contributed by atoms with Gasteiger partial charge in [-0.1, -0.05) is 44.8 Å². The minimum absolute atomic E-state index is 0.789. The van der Waals surface area contributed by atoms with Crippen molar-refractivity contribution in [3.8, 4) is 22.5 Å². The Bertz CT molecular complexity index is 1700. The SMILES string of the molecule is C=c1c(-c2cc3c(-c4ccncc4)ccnc3[nH]2)n[nH]/c1=C/C=C(\C)c1cncc(CC2CCCCC2)c1. The molecule has 5 aromatic heterocycles. The number of hydrogen-bond acceptors (Lipinski definition) is 4. The van der Waals surface area contributed by atoms with Gasteiger partial charge in [-0.2, -0.15) is 5.10 Å². The molecule has 190 valence electrons. The zero-order valence-corrected chi connectivity index (χ0v) is 21.7. The van der Waals surface area contributed by atoms with Crippen molar-refractivity contribution in [3.05, 3.63) is 89.1 Å². The molecule has 1 aliphatic carbocycles. The van der Waals surface area contributed by atoms with Crippen LogP contribution in [0.25, 0.3) is 51.8 Å². The minimum Gasteiger partial charge on any atom is -0.338 e. The van der Waals surface area contributed by atoms with E-state index in [1.54, 1.807) is 12.4 Å². The van der Waals surface area contributed by atoms with Crippen molar-refractivity contribution >= 4 is 29.3 Å². The molecule has 0 spiro atoms. The molecular weight excluding hydrogens is 468 g/mol. The molecule has 0 saturated heterocycles. The highest BCUT2D eigenvalue weighted by atomic mass is 15.1. The van der Waals surface area contributed by atoms with Crippen LogP contribution in [0, 0.1) is 5.92 Å². The van der Waals surface area contributed by atoms with Crippen LogP contribution in [0.4, 0.5) is 0 Å². The van der Waals surface area contributed by atoms with E-state index in [9.17, 15) is 0 Å². The molecule has 1 fully saturated rings. The van der Waals surface area contributed by atoms with Crippen LogP contribution in [0.15, 0.2) is 67.4 Å². The number of rotatable bonds is 6. The van der Waals surface area contributed by atoms with Gasteiger partial charge in [-0.05, 0) is 83.5 Å². The van der Waals surface area contributed by atoms with Crippen molar-refractivity contribution in [2.75, 3.05) is 0 Å². The van der Waals surface area contributed by atoms with Gasteiger partial charge >= 0.3 is 0 Å². The molecule has 6 heteroatoms. The Morgan fingerprint density at radius 3 is 2.71 bits per heavy atom. The van der Waals surface area contributed by atoms with E-state index < -0.39 is 0 Å². The van der Waals surface area contributed by atoms with E-state index in [4.69, 9.17) is 0 Å². The molecule has 0 radical (unpaired) electrons. The molecule has 2 N–H and O–H groups in total. The Morgan fingerprint density at radius 1 is 1.03 bits per heavy atom. The van der Waals surface area contributed by atoms with Crippen molar-refractivity contribution in [3.63, 3.8) is 0 Å². The number of aromatic amines is 2. The van der Waals surface area contributed by atoms with Gasteiger partial charge in [0.2, 0.25) is 0 Å². The van der Waals surface area contributed by atoms with E-state index in [1.807, 2.05) is 42.9 Å². The molecule has 1 saturated carbocycles. The number of pyridine rings is 3. The summed E-state index contributed by atoms with van der Waals surface area (Å²) >= 11 is 0. The molecular formula is C32H32N6. The van der Waals surface area contributed by atoms with E-state index in [2.05, 4.69) is 61.8 Å². The Kier molecular flexibility index (Phi) is 6.69. The number of aromatic nitrogens is 6. The van der Waals surface area contributed by atoms with Gasteiger partial charge in [-0.15, -0.1) is 0 Å². The molecule has 0 amide bonds. The van der Waals surface area contributed by atoms with E-state index in [0.717, 1.165) is 67.6 Å². The molecule has 5 aromatic rings. The second-order valence-electron chi connectivity index (χ2n) is 10.3. The summed E-state index contributed by atoms with van der Waals surface area (Å²) in [6.07, 6.45) is 21.5. The lowest BCUT2D eigenvalue weighted by Crippen LogP contribution is -2.21. The fraction of sp³-hybridized carbons (Fsp3) is 0.250. The highest BCUT2D eigenvalue weighted by molar-refractivity contribution is 5.95. The monoisotopic (exact) mass is 500 g/mol. The molecule has 6 nitrogen and oxygen atoms in total. The fourth-order valence-electron chi connectivity index (χ4n) is 5.52. The first-order valence-corrected chi connectivity index (χ1v) is 13.4. The van der Waals surface area contributed by atoms with Gasteiger partial charge in [0.1, 0.15) is 11.3 Å². The lowest BCUT2D eigenvalue weighted by atomic mass is 9.85. The van der Waals surface area contributed by atoms with Gasteiger partial charge in [-0.3, -0.25) is 15.1 Å². The zero-order valence-electron chi connectivity index (χ0n) is 21.7. The van der Waals surface area contributed by atoms with Crippen LogP contribution in [0.5, 0.6) is 0 Å². The van der Waals surface area contributed by atoms with Crippen molar-refractivity contribution in [1.82, 2.24) is 30.1 Å². The van der Waals surface area contributed by atoms with E-state index in [0.29, 0.717) is 0 Å². The molecule has 6 rings (SSSR count). The zero-order chi connectivity index (χ0) is 25.9. The molecule has 1 aliphatic rings. The normalized spacial score (nSPS) is 15.4. The summed E-state index contributed by atoms with van der Waals surface area (Å²) in [4.78, 5) is 16.6. The quantitative estimate of drug-likeness (QED) is 0.307. The molecule has 5 heterocycles. The Labute approximate surface area is 222 Å². The van der Waals surface area contributed by atoms with Crippen LogP contribution < -0.4 is 10.6 Å². The second kappa shape index (κ2) is 10.6. The standard InChI is InChI=1S/C32H32N6/c1-21(26-17-24(19-34-20-26)16-23-6-4-3-5-7-23)8-9-29-22(2)31(38-37-29)30-18-28-27(12-15-35-32(28)36-30)25-10-13-33-14-11-25/h8-15,17-20,23,37H,2-7,16H2,1H3,(H,35,36)/b21-8+,29-9+. The Hall–Kier alpha value is -4.32. The maximum atomic E-state index is 4.58. The molecule has 38 heavy (non-hydrogen) atoms. The van der Waals surface area contributed by atoms with Crippen LogP contribution in [-0.4, -0.2) is 30.1 Å². The van der Waals surface area contributed by atoms with Crippen LogP contribution in [0.3, 0.4) is 0 Å². The van der Waals surface area contributed by atoms with Gasteiger partial charge in [-0.25, -0.2) is 4.98 Å². The summed E-state index contributed by atoms with van der Waals surface area (Å²) in [6, 6.07) is 10.4. The van der Waals surface area contributed by atoms with Crippen LogP contribution in [0.1, 0.15) is 50.2 Å². The third kappa shape index (κ3) is 4.94. The highest BCUT2D eigenvalue weighted by Crippen LogP contribution is 2.30. The third-order valence-electron chi connectivity index (χ3n) is 7.68. The summed E-state index contributed by atoms with van der Waals surface area (Å²) in [5.74, 6) is 0.800. The second-order valence-corrected chi connectivity index (χ2v) is 10.3. The number of hydrogen-bond donors (Lipinski definition) is 2. The van der Waals surface area contributed by atoms with E-state index >= 15 is 0 Å². The fourth-order valence-corrected chi connectivity index (χ4v) is 5.52. The van der Waals surface area contributed by atoms with Crippen LogP contribution in [0.2, 0.25) is 0 Å². The van der Waals surface area contributed by atoms with Gasteiger partial charge in [0.25, 0.3) is 0 Å². The minimum atomic E-state index is 0.789. The average Bonchev–Trinajstić information content (AvgIpc) is 3.56. The average molecular weight is 501 g/mol. The lowest BCUT2D eigenvalue weighted by molar-refractivity contribution is 0.356. The number of H-pyrrole nitrogens is 2. The maximum absolute atomic E-state index is 4.58. The highest BCUT2D eigenvalue weighted by Gasteiger charge is 2.15. The first-order chi connectivity index (χ1) is 18.7. The molecule has 0 aromatic carbocycles. The molecule has 0 unspecified atom stereocenters. The van der Waals surface area contributed by atoms with Gasteiger partial charge in [0.15, 0.2) is 0 Å². The summed E-state index contributed by atoms with van der Waals surface area (Å²) in [5.41, 5.74) is 8.35. The summed E-state index contributed by atoms with van der Waals surface area (Å²) in [7, 11) is 0. The predicted octanol–water partition coefficient (Wildman–Crippen LogP) is 5.83. The molecule has 0 bridgehead atoms. The molecule has 0 aliphatic heterocycles. The number of nitrogens with one attached hydrogen (secondary N) is 2. The summed E-state index contributed by atoms with van der Waals surface area (Å²) in [5, 5.41) is 10.5. The Morgan fingerprint density at radius 2 is 1.87 bits per heavy atom. The number of allylic oxidation sites excluding steroid dienone is 2. The first-order valence-electron chi connectivity index (χ1n) is 13.4. The lowest BCUT2D eigenvalue weighted by Gasteiger charge is -2.21. The van der Waals surface area contributed by atoms with Crippen molar-refractivity contribution < 1.29 is 0 Å². The topological polar surface area (TPSA) is 83.1 Å². The predicted molar refractivity (Wildman–Crippen MR) is 154 cm³/mol. The van der Waals surface area contributed by atoms with Crippen molar-refractivity contribution in [2.24, 2.45) is 5.92 Å². The van der Waals surface area contributed by atoms with E-state index in [1.165, 1.54) is 37.7 Å². The van der Waals surface area contributed by atoms with Crippen LogP contribution >= 0.6 is 0 Å². The van der Waals surface area contributed by atoms with Gasteiger partial charge < -0.3 is 4.98 Å². The van der Waals surface area contributed by atoms with E-state index in [-0.39, 0.29) is 0 Å². The third-order valence-corrected chi connectivity index (χ3v) is 7.68. The van der Waals surface area contributed by atoms with Gasteiger partial charge in [0, 0.05) is 41.6 Å². The Balaban J connectivity index is 1.27. The smallest absolute Gasteiger partial charge is 0.138 e.